The Morgan fingerprint density at radius 2 is 1.68 bits per heavy atom. The van der Waals surface area contributed by atoms with Gasteiger partial charge in [-0.15, -0.1) is 11.8 Å². The normalized spacial score (nSPS) is 14.2. The second kappa shape index (κ2) is 14.4. The van der Waals surface area contributed by atoms with Crippen LogP contribution in [0.1, 0.15) is 42.4 Å². The lowest BCUT2D eigenvalue weighted by Crippen LogP contribution is -2.52. The summed E-state index contributed by atoms with van der Waals surface area (Å²) in [7, 11) is 1.63. The summed E-state index contributed by atoms with van der Waals surface area (Å²) in [5.74, 6) is 1.63. The highest BCUT2D eigenvalue weighted by molar-refractivity contribution is 9.10. The van der Waals surface area contributed by atoms with Gasteiger partial charge in [0.15, 0.2) is 0 Å². The molecule has 0 aromatic heterocycles. The Bertz CT molecular complexity index is 1180. The van der Waals surface area contributed by atoms with E-state index in [9.17, 15) is 9.59 Å². The summed E-state index contributed by atoms with van der Waals surface area (Å²) < 4.78 is 6.45. The Labute approximate surface area is 238 Å². The number of nitrogens with one attached hydrogen (secondary N) is 1. The standard InChI is InChI=1S/C31H35BrN2O3S/c1-37-28-13-7-10-25(18-28)20-34(30(35)22-38-21-24-14-16-26(32)17-15-24)29(19-23-8-3-2-4-9-23)31(36)33-27-11-5-6-12-27/h2-4,7-10,13-18,27,29H,5-6,11-12,19-22H2,1H3,(H,33,36). The molecular weight excluding hydrogens is 560 g/mol. The molecule has 2 amide bonds. The van der Waals surface area contributed by atoms with E-state index in [0.717, 1.165) is 58.3 Å². The number of amides is 2. The van der Waals surface area contributed by atoms with Crippen LogP contribution in [0, 0.1) is 0 Å². The van der Waals surface area contributed by atoms with Crippen molar-refractivity contribution in [3.8, 4) is 5.75 Å². The van der Waals surface area contributed by atoms with E-state index in [0.29, 0.717) is 18.7 Å². The van der Waals surface area contributed by atoms with Crippen molar-refractivity contribution in [2.45, 2.75) is 56.5 Å². The van der Waals surface area contributed by atoms with Crippen LogP contribution in [0.15, 0.2) is 83.3 Å². The molecule has 0 radical (unpaired) electrons. The zero-order valence-electron chi connectivity index (χ0n) is 21.8. The summed E-state index contributed by atoms with van der Waals surface area (Å²) in [6, 6.07) is 25.4. The molecule has 200 valence electrons. The number of carbonyl (C=O) groups excluding carboxylic acids is 2. The van der Waals surface area contributed by atoms with Crippen LogP contribution in [0.3, 0.4) is 0 Å². The molecule has 1 atom stereocenters. The number of thioether (sulfide) groups is 1. The van der Waals surface area contributed by atoms with Gasteiger partial charge < -0.3 is 15.0 Å². The molecular formula is C31H35BrN2O3S. The number of benzene rings is 3. The second-order valence-corrected chi connectivity index (χ2v) is 11.6. The van der Waals surface area contributed by atoms with Crippen LogP contribution >= 0.6 is 27.7 Å². The van der Waals surface area contributed by atoms with Gasteiger partial charge in [0.05, 0.1) is 12.9 Å². The van der Waals surface area contributed by atoms with Crippen LogP contribution in [-0.4, -0.2) is 41.7 Å². The SMILES string of the molecule is COc1cccc(CN(C(=O)CSCc2ccc(Br)cc2)C(Cc2ccccc2)C(=O)NC2CCCC2)c1. The maximum absolute atomic E-state index is 13.8. The Kier molecular flexibility index (Phi) is 10.7. The molecule has 38 heavy (non-hydrogen) atoms. The maximum atomic E-state index is 13.8. The third-order valence-electron chi connectivity index (χ3n) is 6.87. The number of rotatable bonds is 12. The van der Waals surface area contributed by atoms with Crippen molar-refractivity contribution < 1.29 is 14.3 Å². The number of halogens is 1. The molecule has 1 saturated carbocycles. The minimum Gasteiger partial charge on any atom is -0.497 e. The van der Waals surface area contributed by atoms with Crippen LogP contribution in [0.2, 0.25) is 0 Å². The molecule has 5 nitrogen and oxygen atoms in total. The van der Waals surface area contributed by atoms with E-state index >= 15 is 0 Å². The van der Waals surface area contributed by atoms with E-state index in [1.165, 1.54) is 0 Å². The lowest BCUT2D eigenvalue weighted by Gasteiger charge is -2.32. The average molecular weight is 596 g/mol. The van der Waals surface area contributed by atoms with Gasteiger partial charge in [-0.1, -0.05) is 83.4 Å². The topological polar surface area (TPSA) is 58.6 Å². The number of hydrogen-bond donors (Lipinski definition) is 1. The van der Waals surface area contributed by atoms with Crippen molar-refractivity contribution in [3.63, 3.8) is 0 Å². The maximum Gasteiger partial charge on any atom is 0.243 e. The molecule has 1 aliphatic carbocycles. The number of hydrogen-bond acceptors (Lipinski definition) is 4. The van der Waals surface area contributed by atoms with Gasteiger partial charge >= 0.3 is 0 Å². The Morgan fingerprint density at radius 3 is 2.39 bits per heavy atom. The molecule has 1 unspecified atom stereocenters. The lowest BCUT2D eigenvalue weighted by molar-refractivity contribution is -0.139. The highest BCUT2D eigenvalue weighted by atomic mass is 79.9. The van der Waals surface area contributed by atoms with Crippen LogP contribution in [0.5, 0.6) is 5.75 Å². The molecule has 0 bridgehead atoms. The van der Waals surface area contributed by atoms with Gasteiger partial charge in [-0.2, -0.15) is 0 Å². The predicted molar refractivity (Wildman–Crippen MR) is 158 cm³/mol. The first-order valence-corrected chi connectivity index (χ1v) is 15.1. The molecule has 7 heteroatoms. The molecule has 0 spiro atoms. The Hall–Kier alpha value is -2.77. The first-order chi connectivity index (χ1) is 18.5. The molecule has 3 aromatic carbocycles. The first-order valence-electron chi connectivity index (χ1n) is 13.1. The lowest BCUT2D eigenvalue weighted by atomic mass is 10.0. The molecule has 1 fully saturated rings. The zero-order valence-corrected chi connectivity index (χ0v) is 24.2. The summed E-state index contributed by atoms with van der Waals surface area (Å²) in [6.45, 7) is 0.338. The Morgan fingerprint density at radius 1 is 0.974 bits per heavy atom. The molecule has 0 saturated heterocycles. The zero-order chi connectivity index (χ0) is 26.7. The van der Waals surface area contributed by atoms with Crippen LogP contribution < -0.4 is 10.1 Å². The van der Waals surface area contributed by atoms with Crippen molar-refractivity contribution in [2.24, 2.45) is 0 Å². The van der Waals surface area contributed by atoms with Crippen LogP contribution in [0.25, 0.3) is 0 Å². The fourth-order valence-electron chi connectivity index (χ4n) is 4.81. The van der Waals surface area contributed by atoms with Gasteiger partial charge in [0, 0.05) is 29.2 Å². The molecule has 1 aliphatic rings. The van der Waals surface area contributed by atoms with E-state index in [1.54, 1.807) is 23.8 Å². The van der Waals surface area contributed by atoms with Gasteiger partial charge in [0.25, 0.3) is 0 Å². The van der Waals surface area contributed by atoms with Crippen LogP contribution in [-0.2, 0) is 28.3 Å². The fraction of sp³-hybridized carbons (Fsp3) is 0.355. The number of ether oxygens (including phenoxy) is 1. The first kappa shape index (κ1) is 28.2. The minimum atomic E-state index is -0.606. The molecule has 4 rings (SSSR count). The summed E-state index contributed by atoms with van der Waals surface area (Å²) in [6.07, 6.45) is 4.72. The monoisotopic (exact) mass is 594 g/mol. The van der Waals surface area contributed by atoms with E-state index in [2.05, 4.69) is 33.4 Å². The smallest absolute Gasteiger partial charge is 0.243 e. The molecule has 0 heterocycles. The highest BCUT2D eigenvalue weighted by Gasteiger charge is 2.32. The number of nitrogens with zero attached hydrogens (tertiary/aromatic N) is 1. The van der Waals surface area contributed by atoms with Gasteiger partial charge in [-0.05, 0) is 53.8 Å². The Balaban J connectivity index is 1.57. The third kappa shape index (κ3) is 8.37. The quantitative estimate of drug-likeness (QED) is 0.264. The van der Waals surface area contributed by atoms with Gasteiger partial charge in [-0.25, -0.2) is 0 Å². The minimum absolute atomic E-state index is 0.0440. The van der Waals surface area contributed by atoms with Gasteiger partial charge in [-0.3, -0.25) is 9.59 Å². The second-order valence-electron chi connectivity index (χ2n) is 9.69. The van der Waals surface area contributed by atoms with E-state index in [1.807, 2.05) is 66.7 Å². The summed E-state index contributed by atoms with van der Waals surface area (Å²) in [5.41, 5.74) is 3.12. The van der Waals surface area contributed by atoms with Crippen molar-refractivity contribution in [3.05, 3.63) is 100 Å². The van der Waals surface area contributed by atoms with E-state index < -0.39 is 6.04 Å². The number of methoxy groups -OCH3 is 1. The summed E-state index contributed by atoms with van der Waals surface area (Å²) >= 11 is 5.04. The van der Waals surface area contributed by atoms with Crippen molar-refractivity contribution >= 4 is 39.5 Å². The molecule has 3 aromatic rings. The van der Waals surface area contributed by atoms with Crippen molar-refractivity contribution in [1.82, 2.24) is 10.2 Å². The van der Waals surface area contributed by atoms with Gasteiger partial charge in [0.1, 0.15) is 11.8 Å². The highest BCUT2D eigenvalue weighted by Crippen LogP contribution is 2.23. The average Bonchev–Trinajstić information content (AvgIpc) is 3.45. The number of carbonyl (C=O) groups is 2. The molecule has 1 N–H and O–H groups in total. The summed E-state index contributed by atoms with van der Waals surface area (Å²) in [5, 5.41) is 3.26. The van der Waals surface area contributed by atoms with Crippen molar-refractivity contribution in [1.29, 1.82) is 0 Å². The van der Waals surface area contributed by atoms with E-state index in [-0.39, 0.29) is 17.9 Å². The predicted octanol–water partition coefficient (Wildman–Crippen LogP) is 6.39. The van der Waals surface area contributed by atoms with E-state index in [4.69, 9.17) is 4.74 Å². The van der Waals surface area contributed by atoms with Crippen molar-refractivity contribution in [2.75, 3.05) is 12.9 Å². The van der Waals surface area contributed by atoms with Crippen LogP contribution in [0.4, 0.5) is 0 Å². The fourth-order valence-corrected chi connectivity index (χ4v) is 5.94. The van der Waals surface area contributed by atoms with Gasteiger partial charge in [0.2, 0.25) is 11.8 Å². The molecule has 0 aliphatic heterocycles. The largest absolute Gasteiger partial charge is 0.497 e. The third-order valence-corrected chi connectivity index (χ3v) is 8.38. The summed E-state index contributed by atoms with van der Waals surface area (Å²) in [4.78, 5) is 29.3.